The first-order valence-electron chi connectivity index (χ1n) is 9.34. The summed E-state index contributed by atoms with van der Waals surface area (Å²) >= 11 is 1.79. The van der Waals surface area contributed by atoms with Gasteiger partial charge in [0.2, 0.25) is 0 Å². The lowest BCUT2D eigenvalue weighted by Gasteiger charge is -2.28. The Labute approximate surface area is 163 Å². The third-order valence-corrected chi connectivity index (χ3v) is 6.26. The van der Waals surface area contributed by atoms with E-state index in [0.717, 1.165) is 42.9 Å². The van der Waals surface area contributed by atoms with E-state index >= 15 is 0 Å². The number of fused-ring (bicyclic) bond motifs is 1. The largest absolute Gasteiger partial charge is 0.497 e. The van der Waals surface area contributed by atoms with Gasteiger partial charge in [-0.05, 0) is 49.2 Å². The van der Waals surface area contributed by atoms with Crippen molar-refractivity contribution in [1.82, 2.24) is 4.98 Å². The normalized spacial score (nSPS) is 19.7. The van der Waals surface area contributed by atoms with Crippen LogP contribution in [0.1, 0.15) is 23.8 Å². The molecular weight excluding hydrogens is 358 g/mol. The van der Waals surface area contributed by atoms with Crippen LogP contribution in [0.4, 0.5) is 5.69 Å². The van der Waals surface area contributed by atoms with Crippen LogP contribution in [0.15, 0.2) is 48.5 Å². The van der Waals surface area contributed by atoms with Crippen LogP contribution in [-0.2, 0) is 4.79 Å². The van der Waals surface area contributed by atoms with Crippen molar-refractivity contribution in [3.05, 3.63) is 53.5 Å². The van der Waals surface area contributed by atoms with Crippen molar-refractivity contribution in [3.8, 4) is 5.75 Å². The highest BCUT2D eigenvalue weighted by atomic mass is 32.1. The van der Waals surface area contributed by atoms with E-state index in [0.29, 0.717) is 12.5 Å². The SMILES string of the molecule is COc1ccc(NC(=O)C[NH+]2CCC[C@@H](c3nc4ccccc4s3)C2)cc1. The van der Waals surface area contributed by atoms with Gasteiger partial charge in [-0.2, -0.15) is 0 Å². The lowest BCUT2D eigenvalue weighted by molar-refractivity contribution is -0.898. The molecule has 1 saturated heterocycles. The molecule has 1 aliphatic heterocycles. The molecule has 1 fully saturated rings. The Kier molecular flexibility index (Phi) is 5.36. The molecule has 2 atom stereocenters. The number of methoxy groups -OCH3 is 1. The zero-order valence-corrected chi connectivity index (χ0v) is 16.2. The molecule has 5 nitrogen and oxygen atoms in total. The third-order valence-electron chi connectivity index (χ3n) is 5.06. The standard InChI is InChI=1S/C21H23N3O2S/c1-26-17-10-8-16(9-11-17)22-20(25)14-24-12-4-5-15(13-24)21-23-18-6-2-3-7-19(18)27-21/h2-3,6-11,15H,4-5,12-14H2,1H3,(H,22,25)/p+1/t15-/m1/s1. The van der Waals surface area contributed by atoms with Crippen LogP contribution in [0, 0.1) is 0 Å². The van der Waals surface area contributed by atoms with Crippen molar-refractivity contribution in [2.24, 2.45) is 0 Å². The zero-order valence-electron chi connectivity index (χ0n) is 15.4. The molecule has 0 bridgehead atoms. The Balaban J connectivity index is 1.36. The Hall–Kier alpha value is -2.44. The van der Waals surface area contributed by atoms with Gasteiger partial charge in [0.05, 0.1) is 36.3 Å². The van der Waals surface area contributed by atoms with Gasteiger partial charge in [-0.3, -0.25) is 4.79 Å². The molecular formula is C21H24N3O2S+. The van der Waals surface area contributed by atoms with Gasteiger partial charge < -0.3 is 15.0 Å². The number of benzene rings is 2. The molecule has 4 rings (SSSR count). The molecule has 0 aliphatic carbocycles. The highest BCUT2D eigenvalue weighted by Crippen LogP contribution is 2.30. The number of anilines is 1. The van der Waals surface area contributed by atoms with Crippen molar-refractivity contribution in [2.45, 2.75) is 18.8 Å². The van der Waals surface area contributed by atoms with Crippen LogP contribution in [0.2, 0.25) is 0 Å². The third kappa shape index (κ3) is 4.28. The second-order valence-corrected chi connectivity index (χ2v) is 8.08. The molecule has 6 heteroatoms. The van der Waals surface area contributed by atoms with Crippen LogP contribution in [-0.4, -0.2) is 37.6 Å². The second kappa shape index (κ2) is 8.06. The van der Waals surface area contributed by atoms with Crippen molar-refractivity contribution >= 4 is 33.1 Å². The monoisotopic (exact) mass is 382 g/mol. The lowest BCUT2D eigenvalue weighted by atomic mass is 9.99. The Morgan fingerprint density at radius 2 is 2.07 bits per heavy atom. The van der Waals surface area contributed by atoms with Crippen LogP contribution in [0.25, 0.3) is 10.2 Å². The number of carbonyl (C=O) groups excluding carboxylic acids is 1. The number of likely N-dealkylation sites (tertiary alicyclic amines) is 1. The quantitative estimate of drug-likeness (QED) is 0.713. The Morgan fingerprint density at radius 1 is 1.26 bits per heavy atom. The van der Waals surface area contributed by atoms with Crippen molar-refractivity contribution in [2.75, 3.05) is 32.1 Å². The summed E-state index contributed by atoms with van der Waals surface area (Å²) in [6.45, 7) is 2.50. The molecule has 2 N–H and O–H groups in total. The first-order valence-corrected chi connectivity index (χ1v) is 10.2. The van der Waals surface area contributed by atoms with E-state index in [1.165, 1.54) is 14.6 Å². The van der Waals surface area contributed by atoms with Gasteiger partial charge in [-0.1, -0.05) is 12.1 Å². The summed E-state index contributed by atoms with van der Waals surface area (Å²) in [5, 5.41) is 4.20. The molecule has 1 unspecified atom stereocenters. The number of quaternary nitrogens is 1. The average molecular weight is 383 g/mol. The lowest BCUT2D eigenvalue weighted by Crippen LogP contribution is -3.14. The number of nitrogens with zero attached hydrogens (tertiary/aromatic N) is 1. The minimum atomic E-state index is 0.0557. The van der Waals surface area contributed by atoms with Gasteiger partial charge in [0, 0.05) is 5.69 Å². The topological polar surface area (TPSA) is 55.7 Å². The summed E-state index contributed by atoms with van der Waals surface area (Å²) in [6, 6.07) is 15.7. The fourth-order valence-corrected chi connectivity index (χ4v) is 4.80. The van der Waals surface area contributed by atoms with Crippen molar-refractivity contribution < 1.29 is 14.4 Å². The van der Waals surface area contributed by atoms with Gasteiger partial charge in [-0.15, -0.1) is 11.3 Å². The average Bonchev–Trinajstić information content (AvgIpc) is 3.13. The first-order chi connectivity index (χ1) is 13.2. The van der Waals surface area contributed by atoms with Gasteiger partial charge >= 0.3 is 0 Å². The van der Waals surface area contributed by atoms with Crippen LogP contribution < -0.4 is 15.0 Å². The highest BCUT2D eigenvalue weighted by molar-refractivity contribution is 7.18. The van der Waals surface area contributed by atoms with Crippen LogP contribution >= 0.6 is 11.3 Å². The molecule has 140 valence electrons. The highest BCUT2D eigenvalue weighted by Gasteiger charge is 2.28. The number of amides is 1. The fourth-order valence-electron chi connectivity index (χ4n) is 3.69. The summed E-state index contributed by atoms with van der Waals surface area (Å²) in [7, 11) is 1.63. The zero-order chi connectivity index (χ0) is 18.6. The minimum Gasteiger partial charge on any atom is -0.497 e. The van der Waals surface area contributed by atoms with Gasteiger partial charge in [0.1, 0.15) is 10.8 Å². The number of piperidine rings is 1. The number of thiazole rings is 1. The Morgan fingerprint density at radius 3 is 2.85 bits per heavy atom. The van der Waals surface area contributed by atoms with E-state index in [1.54, 1.807) is 18.4 Å². The molecule has 0 saturated carbocycles. The summed E-state index contributed by atoms with van der Waals surface area (Å²) in [5.74, 6) is 1.29. The molecule has 1 aromatic heterocycles. The predicted octanol–water partition coefficient (Wildman–Crippen LogP) is 2.71. The van der Waals surface area contributed by atoms with Gasteiger partial charge in [0.25, 0.3) is 5.91 Å². The number of ether oxygens (including phenoxy) is 1. The summed E-state index contributed by atoms with van der Waals surface area (Å²) in [5.41, 5.74) is 1.89. The number of rotatable bonds is 5. The summed E-state index contributed by atoms with van der Waals surface area (Å²) in [4.78, 5) is 18.6. The molecule has 0 spiro atoms. The molecule has 2 aromatic carbocycles. The van der Waals surface area contributed by atoms with E-state index in [1.807, 2.05) is 30.3 Å². The maximum Gasteiger partial charge on any atom is 0.279 e. The second-order valence-electron chi connectivity index (χ2n) is 7.02. The van der Waals surface area contributed by atoms with E-state index in [4.69, 9.17) is 9.72 Å². The number of hydrogen-bond donors (Lipinski definition) is 2. The van der Waals surface area contributed by atoms with E-state index in [-0.39, 0.29) is 5.91 Å². The van der Waals surface area contributed by atoms with Crippen molar-refractivity contribution in [3.63, 3.8) is 0 Å². The van der Waals surface area contributed by atoms with Crippen LogP contribution in [0.3, 0.4) is 0 Å². The fraction of sp³-hybridized carbons (Fsp3) is 0.333. The van der Waals surface area contributed by atoms with E-state index in [2.05, 4.69) is 23.5 Å². The predicted molar refractivity (Wildman–Crippen MR) is 109 cm³/mol. The number of nitrogens with one attached hydrogen (secondary N) is 2. The van der Waals surface area contributed by atoms with Crippen LogP contribution in [0.5, 0.6) is 5.75 Å². The number of carbonyl (C=O) groups is 1. The summed E-state index contributed by atoms with van der Waals surface area (Å²) < 4.78 is 6.40. The first kappa shape index (κ1) is 17.9. The minimum absolute atomic E-state index is 0.0557. The molecule has 2 heterocycles. The van der Waals surface area contributed by atoms with Gasteiger partial charge in [0.15, 0.2) is 6.54 Å². The van der Waals surface area contributed by atoms with E-state index < -0.39 is 0 Å². The molecule has 1 aliphatic rings. The van der Waals surface area contributed by atoms with Gasteiger partial charge in [-0.25, -0.2) is 4.98 Å². The number of hydrogen-bond acceptors (Lipinski definition) is 4. The molecule has 27 heavy (non-hydrogen) atoms. The van der Waals surface area contributed by atoms with Crippen molar-refractivity contribution in [1.29, 1.82) is 0 Å². The maximum absolute atomic E-state index is 12.4. The molecule has 1 amide bonds. The van der Waals surface area contributed by atoms with E-state index in [9.17, 15) is 4.79 Å². The molecule has 0 radical (unpaired) electrons. The number of aromatic nitrogens is 1. The smallest absolute Gasteiger partial charge is 0.279 e. The number of para-hydroxylation sites is 1. The maximum atomic E-state index is 12.4. The Bertz CT molecular complexity index is 890. The molecule has 3 aromatic rings. The summed E-state index contributed by atoms with van der Waals surface area (Å²) in [6.07, 6.45) is 2.29.